The molecule has 4 aliphatic carbocycles. The highest BCUT2D eigenvalue weighted by atomic mass is 127. The molecule has 3 nitrogen and oxygen atoms in total. The zero-order chi connectivity index (χ0) is 14.3. The van der Waals surface area contributed by atoms with Gasteiger partial charge < -0.3 is 0 Å². The maximum absolute atomic E-state index is 12.9. The van der Waals surface area contributed by atoms with Crippen molar-refractivity contribution in [2.75, 3.05) is 4.90 Å². The second-order valence-electron chi connectivity index (χ2n) is 6.65. The second-order valence-corrected chi connectivity index (χ2v) is 7.89. The average molecular weight is 391 g/mol. The zero-order valence-electron chi connectivity index (χ0n) is 11.3. The largest absolute Gasteiger partial charge is 0.274 e. The summed E-state index contributed by atoms with van der Waals surface area (Å²) in [5.74, 6) is 1.77. The van der Waals surface area contributed by atoms with E-state index in [2.05, 4.69) is 34.7 Å². The molecule has 1 heterocycles. The Morgan fingerprint density at radius 3 is 2.19 bits per heavy atom. The molecule has 1 saturated heterocycles. The van der Waals surface area contributed by atoms with E-state index >= 15 is 0 Å². The topological polar surface area (TPSA) is 37.4 Å². The van der Waals surface area contributed by atoms with Crippen molar-refractivity contribution in [2.45, 2.75) is 6.42 Å². The Labute approximate surface area is 136 Å². The number of nitrogens with zero attached hydrogens (tertiary/aromatic N) is 1. The van der Waals surface area contributed by atoms with Crippen molar-refractivity contribution in [2.24, 2.45) is 35.5 Å². The summed E-state index contributed by atoms with van der Waals surface area (Å²) in [4.78, 5) is 27.2. The van der Waals surface area contributed by atoms with Gasteiger partial charge in [-0.25, -0.2) is 4.90 Å². The molecule has 0 radical (unpaired) electrons. The van der Waals surface area contributed by atoms with Crippen molar-refractivity contribution in [1.82, 2.24) is 0 Å². The number of carbonyl (C=O) groups is 2. The van der Waals surface area contributed by atoms with E-state index in [-0.39, 0.29) is 23.7 Å². The van der Waals surface area contributed by atoms with Crippen LogP contribution in [0, 0.1) is 39.1 Å². The first kappa shape index (κ1) is 12.4. The minimum Gasteiger partial charge on any atom is -0.274 e. The standard InChI is InChI=1S/C17H14INO2/c18-8-2-1-3-9(6-8)19-16(20)14-10-4-5-11(13-7-12(10)13)15(14)17(19)21/h1-6,10-15H,7H2/t10-,11-,12-,13+,14+,15-/m1/s1. The number of hydrogen-bond donors (Lipinski definition) is 0. The lowest BCUT2D eigenvalue weighted by molar-refractivity contribution is -0.124. The summed E-state index contributed by atoms with van der Waals surface area (Å²) in [6.45, 7) is 0. The van der Waals surface area contributed by atoms with Crippen molar-refractivity contribution >= 4 is 40.1 Å². The van der Waals surface area contributed by atoms with E-state index < -0.39 is 0 Å². The van der Waals surface area contributed by atoms with Crippen molar-refractivity contribution < 1.29 is 9.59 Å². The van der Waals surface area contributed by atoms with Gasteiger partial charge in [-0.3, -0.25) is 9.59 Å². The lowest BCUT2D eigenvalue weighted by Gasteiger charge is -2.37. The van der Waals surface area contributed by atoms with Crippen LogP contribution >= 0.6 is 22.6 Å². The summed E-state index contributed by atoms with van der Waals surface area (Å²) >= 11 is 2.22. The number of carbonyl (C=O) groups excluding carboxylic acids is 2. The Morgan fingerprint density at radius 1 is 1.00 bits per heavy atom. The van der Waals surface area contributed by atoms with Gasteiger partial charge in [0.15, 0.2) is 0 Å². The second kappa shape index (κ2) is 3.97. The Kier molecular flexibility index (Phi) is 2.34. The molecule has 106 valence electrons. The number of halogens is 1. The third-order valence-corrected chi connectivity index (χ3v) is 6.40. The summed E-state index contributed by atoms with van der Waals surface area (Å²) in [7, 11) is 0. The maximum atomic E-state index is 12.9. The molecule has 0 aromatic heterocycles. The van der Waals surface area contributed by atoms with E-state index in [1.54, 1.807) is 0 Å². The van der Waals surface area contributed by atoms with Crippen LogP contribution in [0.3, 0.4) is 0 Å². The number of imide groups is 1. The monoisotopic (exact) mass is 391 g/mol. The average Bonchev–Trinajstić information content (AvgIpc) is 3.24. The number of rotatable bonds is 1. The van der Waals surface area contributed by atoms with E-state index in [0.717, 1.165) is 9.26 Å². The summed E-state index contributed by atoms with van der Waals surface area (Å²) < 4.78 is 1.05. The van der Waals surface area contributed by atoms with Gasteiger partial charge in [-0.1, -0.05) is 18.2 Å². The fourth-order valence-electron chi connectivity index (χ4n) is 4.83. The molecule has 1 aromatic rings. The number of amides is 2. The molecule has 2 amide bonds. The third-order valence-electron chi connectivity index (χ3n) is 5.73. The van der Waals surface area contributed by atoms with Crippen LogP contribution in [-0.2, 0) is 9.59 Å². The van der Waals surface area contributed by atoms with Crippen LogP contribution in [0.5, 0.6) is 0 Å². The van der Waals surface area contributed by atoms with Crippen LogP contribution in [0.15, 0.2) is 36.4 Å². The molecule has 1 aliphatic heterocycles. The smallest absolute Gasteiger partial charge is 0.238 e. The molecule has 2 bridgehead atoms. The molecule has 0 unspecified atom stereocenters. The SMILES string of the molecule is O=C1[C@@H]2[C@@H]3C=C[C@H]([C@H]4C[C@@H]34)[C@@H]2C(=O)N1c1cccc(I)c1. The Hall–Kier alpha value is -1.17. The first-order valence-electron chi connectivity index (χ1n) is 7.48. The third kappa shape index (κ3) is 1.49. The summed E-state index contributed by atoms with van der Waals surface area (Å²) in [5.41, 5.74) is 0.736. The normalized spacial score (nSPS) is 42.2. The van der Waals surface area contributed by atoms with Crippen molar-refractivity contribution in [3.63, 3.8) is 0 Å². The van der Waals surface area contributed by atoms with Crippen molar-refractivity contribution in [3.8, 4) is 0 Å². The summed E-state index contributed by atoms with van der Waals surface area (Å²) in [6, 6.07) is 7.67. The van der Waals surface area contributed by atoms with Crippen LogP contribution in [0.2, 0.25) is 0 Å². The fraction of sp³-hybridized carbons (Fsp3) is 0.412. The Bertz CT molecular complexity index is 676. The highest BCUT2D eigenvalue weighted by Gasteiger charge is 2.67. The van der Waals surface area contributed by atoms with Crippen LogP contribution in [0.4, 0.5) is 5.69 Å². The van der Waals surface area contributed by atoms with Crippen LogP contribution in [0.25, 0.3) is 0 Å². The Balaban J connectivity index is 1.60. The van der Waals surface area contributed by atoms with Gasteiger partial charge in [-0.2, -0.15) is 0 Å². The number of anilines is 1. The lowest BCUT2D eigenvalue weighted by Crippen LogP contribution is -2.40. The van der Waals surface area contributed by atoms with Crippen LogP contribution < -0.4 is 4.90 Å². The van der Waals surface area contributed by atoms with Gasteiger partial charge >= 0.3 is 0 Å². The van der Waals surface area contributed by atoms with E-state index in [0.29, 0.717) is 23.7 Å². The molecule has 4 heteroatoms. The van der Waals surface area contributed by atoms with Gasteiger partial charge in [-0.05, 0) is 70.9 Å². The molecule has 6 atom stereocenters. The highest BCUT2D eigenvalue weighted by Crippen LogP contribution is 2.65. The van der Waals surface area contributed by atoms with Gasteiger partial charge in [0.05, 0.1) is 17.5 Å². The fourth-order valence-corrected chi connectivity index (χ4v) is 5.35. The van der Waals surface area contributed by atoms with Gasteiger partial charge in [0.25, 0.3) is 0 Å². The molecule has 2 saturated carbocycles. The van der Waals surface area contributed by atoms with E-state index in [1.165, 1.54) is 11.3 Å². The molecule has 21 heavy (non-hydrogen) atoms. The first-order chi connectivity index (χ1) is 10.2. The first-order valence-corrected chi connectivity index (χ1v) is 8.56. The van der Waals surface area contributed by atoms with Crippen LogP contribution in [-0.4, -0.2) is 11.8 Å². The molecular weight excluding hydrogens is 377 g/mol. The van der Waals surface area contributed by atoms with Crippen LogP contribution in [0.1, 0.15) is 6.42 Å². The molecule has 3 fully saturated rings. The van der Waals surface area contributed by atoms with Gasteiger partial charge in [0.2, 0.25) is 11.8 Å². The van der Waals surface area contributed by atoms with Gasteiger partial charge in [0, 0.05) is 3.57 Å². The van der Waals surface area contributed by atoms with Gasteiger partial charge in [0.1, 0.15) is 0 Å². The van der Waals surface area contributed by atoms with E-state index in [4.69, 9.17) is 0 Å². The minimum atomic E-state index is -0.103. The lowest BCUT2D eigenvalue weighted by atomic mass is 9.63. The molecule has 0 spiro atoms. The van der Waals surface area contributed by atoms with Crippen molar-refractivity contribution in [1.29, 1.82) is 0 Å². The number of benzene rings is 1. The van der Waals surface area contributed by atoms with Crippen molar-refractivity contribution in [3.05, 3.63) is 40.0 Å². The highest BCUT2D eigenvalue weighted by molar-refractivity contribution is 14.1. The van der Waals surface area contributed by atoms with E-state index in [9.17, 15) is 9.59 Å². The molecular formula is C17H14INO2. The van der Waals surface area contributed by atoms with E-state index in [1.807, 2.05) is 24.3 Å². The predicted molar refractivity (Wildman–Crippen MR) is 86.3 cm³/mol. The summed E-state index contributed by atoms with van der Waals surface area (Å²) in [6.07, 6.45) is 5.63. The zero-order valence-corrected chi connectivity index (χ0v) is 13.4. The molecule has 1 aromatic carbocycles. The molecule has 5 aliphatic rings. The summed E-state index contributed by atoms with van der Waals surface area (Å²) in [5, 5.41) is 0. The number of hydrogen-bond acceptors (Lipinski definition) is 2. The number of allylic oxidation sites excluding steroid dienone is 2. The molecule has 6 rings (SSSR count). The van der Waals surface area contributed by atoms with Gasteiger partial charge in [-0.15, -0.1) is 0 Å². The predicted octanol–water partition coefficient (Wildman–Crippen LogP) is 2.85. The minimum absolute atomic E-state index is 0.0247. The maximum Gasteiger partial charge on any atom is 0.238 e. The molecule has 0 N–H and O–H groups in total. The quantitative estimate of drug-likeness (QED) is 0.420. The Morgan fingerprint density at radius 2 is 1.62 bits per heavy atom.